The Bertz CT molecular complexity index is 524. The predicted octanol–water partition coefficient (Wildman–Crippen LogP) is 2.59. The van der Waals surface area contributed by atoms with E-state index < -0.39 is 0 Å². The molecule has 0 bridgehead atoms. The zero-order valence-corrected chi connectivity index (χ0v) is 12.5. The number of thiazole rings is 1. The van der Waals surface area contributed by atoms with Gasteiger partial charge in [-0.2, -0.15) is 0 Å². The molecule has 4 nitrogen and oxygen atoms in total. The number of hydrogen-bond donors (Lipinski definition) is 1. The molecular formula is C14H20N4S. The van der Waals surface area contributed by atoms with Crippen LogP contribution < -0.4 is 10.2 Å². The second kappa shape index (κ2) is 6.63. The van der Waals surface area contributed by atoms with E-state index in [9.17, 15) is 0 Å². The van der Waals surface area contributed by atoms with E-state index in [1.165, 1.54) is 0 Å². The van der Waals surface area contributed by atoms with Crippen molar-refractivity contribution in [2.24, 2.45) is 0 Å². The quantitative estimate of drug-likeness (QED) is 0.880. The maximum Gasteiger partial charge on any atom is 0.185 e. The van der Waals surface area contributed by atoms with Gasteiger partial charge in [-0.3, -0.25) is 4.98 Å². The van der Waals surface area contributed by atoms with Gasteiger partial charge in [-0.25, -0.2) is 4.98 Å². The summed E-state index contributed by atoms with van der Waals surface area (Å²) in [5.41, 5.74) is 3.24. The fourth-order valence-corrected chi connectivity index (χ4v) is 2.79. The lowest BCUT2D eigenvalue weighted by atomic mass is 10.3. The van der Waals surface area contributed by atoms with Gasteiger partial charge < -0.3 is 10.2 Å². The van der Waals surface area contributed by atoms with E-state index in [1.54, 1.807) is 11.3 Å². The minimum atomic E-state index is 0.810. The second-order valence-corrected chi connectivity index (χ2v) is 5.27. The van der Waals surface area contributed by atoms with Crippen LogP contribution in [-0.4, -0.2) is 23.6 Å². The Labute approximate surface area is 118 Å². The first-order valence-corrected chi connectivity index (χ1v) is 7.37. The second-order valence-electron chi connectivity index (χ2n) is 4.44. The molecule has 2 aromatic rings. The van der Waals surface area contributed by atoms with Gasteiger partial charge in [-0.1, -0.05) is 6.07 Å². The topological polar surface area (TPSA) is 41.1 Å². The fraction of sp³-hybridized carbons (Fsp3) is 0.429. The van der Waals surface area contributed by atoms with Crippen molar-refractivity contribution in [2.45, 2.75) is 26.9 Å². The molecule has 5 heteroatoms. The smallest absolute Gasteiger partial charge is 0.185 e. The number of anilines is 1. The highest BCUT2D eigenvalue weighted by molar-refractivity contribution is 7.13. The van der Waals surface area contributed by atoms with Gasteiger partial charge in [0.2, 0.25) is 0 Å². The zero-order valence-electron chi connectivity index (χ0n) is 11.7. The van der Waals surface area contributed by atoms with E-state index in [1.807, 2.05) is 20.0 Å². The molecule has 102 valence electrons. The van der Waals surface area contributed by atoms with Crippen molar-refractivity contribution in [1.29, 1.82) is 0 Å². The van der Waals surface area contributed by atoms with Crippen LogP contribution in [0.3, 0.4) is 0 Å². The molecule has 2 heterocycles. The van der Waals surface area contributed by atoms with Gasteiger partial charge in [0.25, 0.3) is 0 Å². The van der Waals surface area contributed by atoms with Gasteiger partial charge in [-0.15, -0.1) is 11.3 Å². The van der Waals surface area contributed by atoms with Crippen molar-refractivity contribution < 1.29 is 0 Å². The van der Waals surface area contributed by atoms with Crippen molar-refractivity contribution in [3.63, 3.8) is 0 Å². The molecule has 0 saturated heterocycles. The number of aromatic nitrogens is 2. The molecule has 0 aliphatic rings. The average molecular weight is 276 g/mol. The molecule has 0 aromatic carbocycles. The van der Waals surface area contributed by atoms with Gasteiger partial charge in [0, 0.05) is 24.2 Å². The molecule has 0 fully saturated rings. The van der Waals surface area contributed by atoms with E-state index in [2.05, 4.69) is 44.6 Å². The van der Waals surface area contributed by atoms with Crippen molar-refractivity contribution in [2.75, 3.05) is 18.5 Å². The van der Waals surface area contributed by atoms with Crippen LogP contribution in [0.1, 0.15) is 24.0 Å². The van der Waals surface area contributed by atoms with Crippen molar-refractivity contribution in [3.05, 3.63) is 40.7 Å². The standard InChI is InChI=1S/C14H20N4S/c1-4-18(9-12-7-5-6-11(2)16-12)14-17-13(8-15-3)10-19-14/h5-7,10,15H,4,8-9H2,1-3H3. The highest BCUT2D eigenvalue weighted by Crippen LogP contribution is 2.21. The summed E-state index contributed by atoms with van der Waals surface area (Å²) in [4.78, 5) is 11.5. The normalized spacial score (nSPS) is 10.7. The van der Waals surface area contributed by atoms with Crippen molar-refractivity contribution in [1.82, 2.24) is 15.3 Å². The third-order valence-electron chi connectivity index (χ3n) is 2.85. The summed E-state index contributed by atoms with van der Waals surface area (Å²) in [6.45, 7) is 6.73. The largest absolute Gasteiger partial charge is 0.342 e. The van der Waals surface area contributed by atoms with Crippen LogP contribution in [0.25, 0.3) is 0 Å². The molecule has 0 amide bonds. The summed E-state index contributed by atoms with van der Waals surface area (Å²) in [5, 5.41) is 6.30. The molecule has 0 saturated carbocycles. The predicted molar refractivity (Wildman–Crippen MR) is 80.6 cm³/mol. The summed E-state index contributed by atoms with van der Waals surface area (Å²) in [6, 6.07) is 6.14. The molecule has 0 aliphatic heterocycles. The van der Waals surface area contributed by atoms with E-state index in [0.29, 0.717) is 0 Å². The lowest BCUT2D eigenvalue weighted by Gasteiger charge is -2.19. The minimum absolute atomic E-state index is 0.810. The lowest BCUT2D eigenvalue weighted by Crippen LogP contribution is -2.22. The number of pyridine rings is 1. The molecule has 0 spiro atoms. The maximum absolute atomic E-state index is 4.64. The summed E-state index contributed by atoms with van der Waals surface area (Å²) in [5.74, 6) is 0. The minimum Gasteiger partial charge on any atom is -0.342 e. The molecule has 0 atom stereocenters. The summed E-state index contributed by atoms with van der Waals surface area (Å²) < 4.78 is 0. The Hall–Kier alpha value is -1.46. The first-order valence-electron chi connectivity index (χ1n) is 6.49. The van der Waals surface area contributed by atoms with Crippen LogP contribution >= 0.6 is 11.3 Å². The van der Waals surface area contributed by atoms with Gasteiger partial charge in [0.05, 0.1) is 17.9 Å². The Balaban J connectivity index is 2.10. The third kappa shape index (κ3) is 3.75. The monoisotopic (exact) mass is 276 g/mol. The molecule has 2 aromatic heterocycles. The van der Waals surface area contributed by atoms with Gasteiger partial charge >= 0.3 is 0 Å². The Morgan fingerprint density at radius 3 is 2.79 bits per heavy atom. The van der Waals surface area contributed by atoms with Crippen LogP contribution in [0.2, 0.25) is 0 Å². The van der Waals surface area contributed by atoms with Crippen LogP contribution in [0.5, 0.6) is 0 Å². The van der Waals surface area contributed by atoms with E-state index >= 15 is 0 Å². The Kier molecular flexibility index (Phi) is 4.87. The van der Waals surface area contributed by atoms with E-state index in [4.69, 9.17) is 0 Å². The molecule has 0 unspecified atom stereocenters. The van der Waals surface area contributed by atoms with Gasteiger partial charge in [0.15, 0.2) is 5.13 Å². The van der Waals surface area contributed by atoms with Crippen LogP contribution in [0.15, 0.2) is 23.6 Å². The average Bonchev–Trinajstić information content (AvgIpc) is 2.85. The van der Waals surface area contributed by atoms with E-state index in [-0.39, 0.29) is 0 Å². The molecule has 2 rings (SSSR count). The molecule has 0 aliphatic carbocycles. The number of hydrogen-bond acceptors (Lipinski definition) is 5. The fourth-order valence-electron chi connectivity index (χ4n) is 1.90. The highest BCUT2D eigenvalue weighted by Gasteiger charge is 2.10. The third-order valence-corrected chi connectivity index (χ3v) is 3.80. The lowest BCUT2D eigenvalue weighted by molar-refractivity contribution is 0.774. The number of rotatable bonds is 6. The highest BCUT2D eigenvalue weighted by atomic mass is 32.1. The van der Waals surface area contributed by atoms with E-state index in [0.717, 1.165) is 41.8 Å². The maximum atomic E-state index is 4.64. The molecule has 0 radical (unpaired) electrons. The Morgan fingerprint density at radius 2 is 2.11 bits per heavy atom. The number of nitrogens with one attached hydrogen (secondary N) is 1. The molecule has 1 N–H and O–H groups in total. The zero-order chi connectivity index (χ0) is 13.7. The summed E-state index contributed by atoms with van der Waals surface area (Å²) >= 11 is 1.69. The summed E-state index contributed by atoms with van der Waals surface area (Å²) in [7, 11) is 1.94. The van der Waals surface area contributed by atoms with Crippen molar-refractivity contribution in [3.8, 4) is 0 Å². The number of nitrogens with zero attached hydrogens (tertiary/aromatic N) is 3. The van der Waals surface area contributed by atoms with Gasteiger partial charge in [-0.05, 0) is 33.0 Å². The van der Waals surface area contributed by atoms with Crippen molar-refractivity contribution >= 4 is 16.5 Å². The van der Waals surface area contributed by atoms with Crippen LogP contribution in [0, 0.1) is 6.92 Å². The number of aryl methyl sites for hydroxylation is 1. The molecule has 19 heavy (non-hydrogen) atoms. The first-order chi connectivity index (χ1) is 9.22. The SMILES string of the molecule is CCN(Cc1cccc(C)n1)c1nc(CNC)cs1. The molecular weight excluding hydrogens is 256 g/mol. The summed E-state index contributed by atoms with van der Waals surface area (Å²) in [6.07, 6.45) is 0. The Morgan fingerprint density at radius 1 is 1.26 bits per heavy atom. The first kappa shape index (κ1) is 14.0. The van der Waals surface area contributed by atoms with Crippen LogP contribution in [0.4, 0.5) is 5.13 Å². The van der Waals surface area contributed by atoms with Gasteiger partial charge in [0.1, 0.15) is 0 Å². The van der Waals surface area contributed by atoms with Crippen LogP contribution in [-0.2, 0) is 13.1 Å².